The molecule has 0 radical (unpaired) electrons. The molecule has 1 aromatic carbocycles. The predicted molar refractivity (Wildman–Crippen MR) is 59.6 cm³/mol. The van der Waals surface area contributed by atoms with Crippen LogP contribution in [0.2, 0.25) is 0 Å². The normalized spacial score (nSPS) is 17.9. The number of nitrogens with one attached hydrogen (secondary N) is 1. The average molecular weight is 261 g/mol. The van der Waals surface area contributed by atoms with Gasteiger partial charge in [-0.3, -0.25) is 0 Å². The van der Waals surface area contributed by atoms with E-state index >= 15 is 0 Å². The SMILES string of the molecule is Oc1ccc(C(F)(F)F)c(C2CCNCC2)c1O. The van der Waals surface area contributed by atoms with Gasteiger partial charge in [-0.15, -0.1) is 0 Å². The third kappa shape index (κ3) is 2.38. The van der Waals surface area contributed by atoms with E-state index in [0.29, 0.717) is 25.9 Å². The monoisotopic (exact) mass is 261 g/mol. The maximum Gasteiger partial charge on any atom is 0.416 e. The predicted octanol–water partition coefficient (Wildman–Crippen LogP) is 2.58. The standard InChI is InChI=1S/C12H14F3NO2/c13-12(14,15)8-1-2-9(17)11(18)10(8)7-3-5-16-6-4-7/h1-2,7,16-18H,3-6H2. The van der Waals surface area contributed by atoms with Crippen LogP contribution in [0.1, 0.15) is 29.9 Å². The van der Waals surface area contributed by atoms with Crippen molar-refractivity contribution in [1.29, 1.82) is 0 Å². The molecule has 0 amide bonds. The summed E-state index contributed by atoms with van der Waals surface area (Å²) < 4.78 is 38.7. The molecule has 0 aliphatic carbocycles. The molecule has 6 heteroatoms. The number of hydrogen-bond acceptors (Lipinski definition) is 3. The molecule has 1 saturated heterocycles. The first-order chi connectivity index (χ1) is 8.41. The highest BCUT2D eigenvalue weighted by atomic mass is 19.4. The number of phenolic OH excluding ortho intramolecular Hbond substituents is 2. The lowest BCUT2D eigenvalue weighted by Crippen LogP contribution is -2.28. The average Bonchev–Trinajstić information content (AvgIpc) is 2.32. The third-order valence-corrected chi connectivity index (χ3v) is 3.25. The molecule has 1 fully saturated rings. The van der Waals surface area contributed by atoms with Crippen molar-refractivity contribution in [3.8, 4) is 11.5 Å². The summed E-state index contributed by atoms with van der Waals surface area (Å²) in [6, 6.07) is 1.70. The van der Waals surface area contributed by atoms with Crippen LogP contribution in [0.25, 0.3) is 0 Å². The van der Waals surface area contributed by atoms with E-state index < -0.39 is 23.2 Å². The highest BCUT2D eigenvalue weighted by molar-refractivity contribution is 5.52. The zero-order valence-corrected chi connectivity index (χ0v) is 9.59. The smallest absolute Gasteiger partial charge is 0.416 e. The first-order valence-electron chi connectivity index (χ1n) is 5.74. The second-order valence-electron chi connectivity index (χ2n) is 4.42. The number of rotatable bonds is 1. The Bertz CT molecular complexity index is 440. The van der Waals surface area contributed by atoms with Crippen LogP contribution in [0, 0.1) is 0 Å². The van der Waals surface area contributed by atoms with Crippen LogP contribution in [0.15, 0.2) is 12.1 Å². The van der Waals surface area contributed by atoms with Gasteiger partial charge in [0.15, 0.2) is 11.5 Å². The molecule has 1 aliphatic heterocycles. The van der Waals surface area contributed by atoms with E-state index in [1.54, 1.807) is 0 Å². The quantitative estimate of drug-likeness (QED) is 0.681. The molecule has 1 heterocycles. The Morgan fingerprint density at radius 1 is 1.11 bits per heavy atom. The van der Waals surface area contributed by atoms with Crippen molar-refractivity contribution in [2.45, 2.75) is 24.9 Å². The van der Waals surface area contributed by atoms with Crippen LogP contribution in [0.5, 0.6) is 11.5 Å². The largest absolute Gasteiger partial charge is 0.504 e. The van der Waals surface area contributed by atoms with Gasteiger partial charge in [0.05, 0.1) is 5.56 Å². The summed E-state index contributed by atoms with van der Waals surface area (Å²) >= 11 is 0. The van der Waals surface area contributed by atoms with Gasteiger partial charge >= 0.3 is 6.18 Å². The van der Waals surface area contributed by atoms with Gasteiger partial charge < -0.3 is 15.5 Å². The van der Waals surface area contributed by atoms with Crippen LogP contribution in [0.4, 0.5) is 13.2 Å². The first-order valence-corrected chi connectivity index (χ1v) is 5.74. The van der Waals surface area contributed by atoms with Crippen molar-refractivity contribution in [2.24, 2.45) is 0 Å². The molecule has 1 aromatic rings. The number of phenols is 2. The van der Waals surface area contributed by atoms with Gasteiger partial charge in [-0.1, -0.05) is 0 Å². The van der Waals surface area contributed by atoms with Gasteiger partial charge in [0.25, 0.3) is 0 Å². The van der Waals surface area contributed by atoms with Crippen molar-refractivity contribution < 1.29 is 23.4 Å². The Hall–Kier alpha value is -1.43. The zero-order chi connectivity index (χ0) is 13.3. The van der Waals surface area contributed by atoms with Crippen LogP contribution in [0.3, 0.4) is 0 Å². The van der Waals surface area contributed by atoms with E-state index in [1.165, 1.54) is 0 Å². The van der Waals surface area contributed by atoms with E-state index in [9.17, 15) is 23.4 Å². The van der Waals surface area contributed by atoms with Gasteiger partial charge in [0, 0.05) is 5.56 Å². The van der Waals surface area contributed by atoms with E-state index in [1.807, 2.05) is 0 Å². The lowest BCUT2D eigenvalue weighted by molar-refractivity contribution is -0.138. The molecule has 2 rings (SSSR count). The van der Waals surface area contributed by atoms with Gasteiger partial charge in [-0.05, 0) is 44.0 Å². The van der Waals surface area contributed by atoms with E-state index in [-0.39, 0.29) is 11.5 Å². The fourth-order valence-corrected chi connectivity index (χ4v) is 2.37. The van der Waals surface area contributed by atoms with Crippen molar-refractivity contribution >= 4 is 0 Å². The first kappa shape index (κ1) is 13.0. The lowest BCUT2D eigenvalue weighted by Gasteiger charge is -2.26. The second kappa shape index (κ2) is 4.68. The van der Waals surface area contributed by atoms with Crippen LogP contribution >= 0.6 is 0 Å². The Kier molecular flexibility index (Phi) is 3.38. The van der Waals surface area contributed by atoms with Crippen molar-refractivity contribution in [2.75, 3.05) is 13.1 Å². The number of aromatic hydroxyl groups is 2. The van der Waals surface area contributed by atoms with Crippen molar-refractivity contribution in [1.82, 2.24) is 5.32 Å². The van der Waals surface area contributed by atoms with Crippen molar-refractivity contribution in [3.05, 3.63) is 23.3 Å². The molecule has 18 heavy (non-hydrogen) atoms. The van der Waals surface area contributed by atoms with E-state index in [2.05, 4.69) is 5.32 Å². The summed E-state index contributed by atoms with van der Waals surface area (Å²) in [6.45, 7) is 1.22. The maximum atomic E-state index is 12.9. The molecule has 3 N–H and O–H groups in total. The molecule has 0 unspecified atom stereocenters. The molecule has 3 nitrogen and oxygen atoms in total. The Morgan fingerprint density at radius 3 is 2.28 bits per heavy atom. The molecular formula is C12H14F3NO2. The maximum absolute atomic E-state index is 12.9. The number of hydrogen-bond donors (Lipinski definition) is 3. The van der Waals surface area contributed by atoms with Gasteiger partial charge in [0.2, 0.25) is 0 Å². The summed E-state index contributed by atoms with van der Waals surface area (Å²) in [5.41, 5.74) is -1.03. The summed E-state index contributed by atoms with van der Waals surface area (Å²) in [4.78, 5) is 0. The number of benzene rings is 1. The van der Waals surface area contributed by atoms with Crippen LogP contribution < -0.4 is 5.32 Å². The number of piperidine rings is 1. The molecule has 0 atom stereocenters. The molecule has 0 aromatic heterocycles. The highest BCUT2D eigenvalue weighted by Crippen LogP contribution is 2.45. The lowest BCUT2D eigenvalue weighted by atomic mass is 9.86. The second-order valence-corrected chi connectivity index (χ2v) is 4.42. The topological polar surface area (TPSA) is 52.5 Å². The highest BCUT2D eigenvalue weighted by Gasteiger charge is 2.37. The summed E-state index contributed by atoms with van der Waals surface area (Å²) in [6.07, 6.45) is -3.49. The van der Waals surface area contributed by atoms with Gasteiger partial charge in [0.1, 0.15) is 0 Å². The molecule has 1 aliphatic rings. The Balaban J connectivity index is 2.50. The molecule has 0 bridgehead atoms. The van der Waals surface area contributed by atoms with E-state index in [0.717, 1.165) is 12.1 Å². The van der Waals surface area contributed by atoms with Crippen LogP contribution in [-0.2, 0) is 6.18 Å². The van der Waals surface area contributed by atoms with Crippen molar-refractivity contribution in [3.63, 3.8) is 0 Å². The van der Waals surface area contributed by atoms with Gasteiger partial charge in [-0.2, -0.15) is 13.2 Å². The molecule has 0 saturated carbocycles. The fourth-order valence-electron chi connectivity index (χ4n) is 2.37. The summed E-state index contributed by atoms with van der Waals surface area (Å²) in [5, 5.41) is 22.2. The van der Waals surface area contributed by atoms with Crippen LogP contribution in [-0.4, -0.2) is 23.3 Å². The number of halogens is 3. The van der Waals surface area contributed by atoms with E-state index in [4.69, 9.17) is 0 Å². The minimum Gasteiger partial charge on any atom is -0.504 e. The minimum atomic E-state index is -4.52. The number of alkyl halides is 3. The Morgan fingerprint density at radius 2 is 1.72 bits per heavy atom. The Labute approximate surface area is 102 Å². The molecular weight excluding hydrogens is 247 g/mol. The zero-order valence-electron chi connectivity index (χ0n) is 9.59. The summed E-state index contributed by atoms with van der Waals surface area (Å²) in [5.74, 6) is -1.52. The third-order valence-electron chi connectivity index (χ3n) is 3.25. The fraction of sp³-hybridized carbons (Fsp3) is 0.500. The summed E-state index contributed by atoms with van der Waals surface area (Å²) in [7, 11) is 0. The minimum absolute atomic E-state index is 0.177. The molecule has 0 spiro atoms. The molecule has 100 valence electrons. The van der Waals surface area contributed by atoms with Gasteiger partial charge in [-0.25, -0.2) is 0 Å².